The molecule has 24 heavy (non-hydrogen) atoms. The molecule has 1 fully saturated rings. The smallest absolute Gasteiger partial charge is 0.229 e. The van der Waals surface area contributed by atoms with E-state index in [9.17, 15) is 9.18 Å². The van der Waals surface area contributed by atoms with Crippen LogP contribution in [0.25, 0.3) is 11.4 Å². The molecule has 1 aliphatic rings. The summed E-state index contributed by atoms with van der Waals surface area (Å²) in [6, 6.07) is 12.2. The van der Waals surface area contributed by atoms with Crippen LogP contribution in [0.3, 0.4) is 0 Å². The average Bonchev–Trinajstić information content (AvgIpc) is 3.27. The van der Waals surface area contributed by atoms with Gasteiger partial charge in [-0.1, -0.05) is 24.3 Å². The molecule has 6 heteroatoms. The number of thiazole rings is 1. The number of benzene rings is 1. The summed E-state index contributed by atoms with van der Waals surface area (Å²) >= 11 is 1.36. The second-order valence-corrected chi connectivity index (χ2v) is 6.57. The Kier molecular flexibility index (Phi) is 3.82. The number of hydrogen-bond donors (Lipinski definition) is 1. The molecule has 1 aliphatic carbocycles. The minimum atomic E-state index is -0.246. The van der Waals surface area contributed by atoms with Gasteiger partial charge >= 0.3 is 0 Å². The number of rotatable bonds is 4. The van der Waals surface area contributed by atoms with Crippen LogP contribution >= 0.6 is 11.3 Å². The van der Waals surface area contributed by atoms with Gasteiger partial charge in [0.2, 0.25) is 5.91 Å². The van der Waals surface area contributed by atoms with E-state index in [1.165, 1.54) is 17.4 Å². The maximum Gasteiger partial charge on any atom is 0.229 e. The number of carbonyl (C=O) groups is 1. The lowest BCUT2D eigenvalue weighted by atomic mass is 10.1. The highest BCUT2D eigenvalue weighted by atomic mass is 32.1. The molecule has 3 aromatic rings. The van der Waals surface area contributed by atoms with Crippen molar-refractivity contribution in [1.29, 1.82) is 0 Å². The van der Waals surface area contributed by atoms with Crippen LogP contribution in [0, 0.1) is 11.7 Å². The molecule has 1 aromatic carbocycles. The fraction of sp³-hybridized carbons (Fsp3) is 0.167. The summed E-state index contributed by atoms with van der Waals surface area (Å²) in [5.41, 5.74) is 2.12. The van der Waals surface area contributed by atoms with Gasteiger partial charge < -0.3 is 5.32 Å². The Morgan fingerprint density at radius 3 is 2.79 bits per heavy atom. The summed E-state index contributed by atoms with van der Waals surface area (Å²) in [7, 11) is 0. The Morgan fingerprint density at radius 2 is 2.00 bits per heavy atom. The normalized spacial score (nSPS) is 19.0. The number of nitrogens with zero attached hydrogens (tertiary/aromatic N) is 2. The van der Waals surface area contributed by atoms with E-state index in [1.54, 1.807) is 24.4 Å². The number of amides is 1. The van der Waals surface area contributed by atoms with Crippen molar-refractivity contribution in [3.8, 4) is 11.4 Å². The molecule has 1 amide bonds. The number of anilines is 1. The highest BCUT2D eigenvalue weighted by Crippen LogP contribution is 2.48. The van der Waals surface area contributed by atoms with E-state index in [0.29, 0.717) is 17.1 Å². The molecule has 2 heterocycles. The molecule has 2 aromatic heterocycles. The van der Waals surface area contributed by atoms with Crippen molar-refractivity contribution in [3.05, 3.63) is 65.4 Å². The van der Waals surface area contributed by atoms with Crippen LogP contribution in [0.5, 0.6) is 0 Å². The second-order valence-electron chi connectivity index (χ2n) is 5.71. The topological polar surface area (TPSA) is 54.9 Å². The van der Waals surface area contributed by atoms with Crippen molar-refractivity contribution in [2.45, 2.75) is 12.3 Å². The predicted octanol–water partition coefficient (Wildman–Crippen LogP) is 4.09. The van der Waals surface area contributed by atoms with Gasteiger partial charge in [0.05, 0.1) is 5.69 Å². The van der Waals surface area contributed by atoms with Crippen LogP contribution in [0.1, 0.15) is 17.9 Å². The van der Waals surface area contributed by atoms with Gasteiger partial charge in [-0.05, 0) is 36.1 Å². The number of hydrogen-bond acceptors (Lipinski definition) is 4. The van der Waals surface area contributed by atoms with Crippen molar-refractivity contribution in [2.75, 3.05) is 5.32 Å². The van der Waals surface area contributed by atoms with Gasteiger partial charge in [-0.3, -0.25) is 9.78 Å². The van der Waals surface area contributed by atoms with Crippen LogP contribution in [0.15, 0.2) is 54.0 Å². The molecule has 4 rings (SSSR count). The van der Waals surface area contributed by atoms with E-state index in [2.05, 4.69) is 15.3 Å². The van der Waals surface area contributed by atoms with Crippen LogP contribution in [-0.2, 0) is 4.79 Å². The van der Waals surface area contributed by atoms with Gasteiger partial charge in [-0.25, -0.2) is 9.37 Å². The molecule has 0 spiro atoms. The molecule has 2 atom stereocenters. The number of nitrogens with one attached hydrogen (secondary N) is 1. The van der Waals surface area contributed by atoms with Gasteiger partial charge in [0.1, 0.15) is 11.5 Å². The first kappa shape index (κ1) is 15.0. The summed E-state index contributed by atoms with van der Waals surface area (Å²) in [5, 5.41) is 5.23. The standard InChI is InChI=1S/C18H14FN3OS/c19-14-6-2-1-5-11(14)12-9-13(12)17(23)22-18-21-16(10-24-18)15-7-3-4-8-20-15/h1-8,10,12-13H,9H2,(H,21,22,23). The van der Waals surface area contributed by atoms with Gasteiger partial charge in [-0.15, -0.1) is 11.3 Å². The van der Waals surface area contributed by atoms with Gasteiger partial charge in [0.25, 0.3) is 0 Å². The zero-order chi connectivity index (χ0) is 16.5. The van der Waals surface area contributed by atoms with Crippen molar-refractivity contribution in [3.63, 3.8) is 0 Å². The zero-order valence-corrected chi connectivity index (χ0v) is 13.5. The summed E-state index contributed by atoms with van der Waals surface area (Å²) < 4.78 is 13.8. The highest BCUT2D eigenvalue weighted by molar-refractivity contribution is 7.14. The molecule has 0 aliphatic heterocycles. The number of aromatic nitrogens is 2. The van der Waals surface area contributed by atoms with Gasteiger partial charge in [-0.2, -0.15) is 0 Å². The molecular formula is C18H14FN3OS. The van der Waals surface area contributed by atoms with Crippen molar-refractivity contribution in [1.82, 2.24) is 9.97 Å². The fourth-order valence-electron chi connectivity index (χ4n) is 2.77. The third-order valence-corrected chi connectivity index (χ3v) is 4.85. The molecular weight excluding hydrogens is 325 g/mol. The largest absolute Gasteiger partial charge is 0.302 e. The average molecular weight is 339 g/mol. The summed E-state index contributed by atoms with van der Waals surface area (Å²) in [5.74, 6) is -0.583. The third-order valence-electron chi connectivity index (χ3n) is 4.09. The third kappa shape index (κ3) is 2.92. The Hall–Kier alpha value is -2.60. The van der Waals surface area contributed by atoms with Crippen molar-refractivity contribution in [2.24, 2.45) is 5.92 Å². The fourth-order valence-corrected chi connectivity index (χ4v) is 3.47. The molecule has 0 radical (unpaired) electrons. The van der Waals surface area contributed by atoms with Crippen LogP contribution in [0.4, 0.5) is 9.52 Å². The predicted molar refractivity (Wildman–Crippen MR) is 91.2 cm³/mol. The van der Waals surface area contributed by atoms with E-state index >= 15 is 0 Å². The summed E-state index contributed by atoms with van der Waals surface area (Å²) in [4.78, 5) is 21.0. The van der Waals surface area contributed by atoms with E-state index in [-0.39, 0.29) is 23.6 Å². The first-order chi connectivity index (χ1) is 11.7. The van der Waals surface area contributed by atoms with Crippen LogP contribution in [-0.4, -0.2) is 15.9 Å². The van der Waals surface area contributed by atoms with Gasteiger partial charge in [0, 0.05) is 17.5 Å². The maximum atomic E-state index is 13.8. The Bertz CT molecular complexity index is 881. The van der Waals surface area contributed by atoms with Crippen molar-refractivity contribution >= 4 is 22.4 Å². The first-order valence-electron chi connectivity index (χ1n) is 7.64. The lowest BCUT2D eigenvalue weighted by Crippen LogP contribution is -2.14. The maximum absolute atomic E-state index is 13.8. The minimum Gasteiger partial charge on any atom is -0.302 e. The molecule has 1 saturated carbocycles. The minimum absolute atomic E-state index is 0.0403. The van der Waals surface area contributed by atoms with E-state index in [1.807, 2.05) is 23.6 Å². The van der Waals surface area contributed by atoms with Crippen LogP contribution in [0.2, 0.25) is 0 Å². The lowest BCUT2D eigenvalue weighted by molar-refractivity contribution is -0.117. The number of carbonyl (C=O) groups excluding carboxylic acids is 1. The Balaban J connectivity index is 1.43. The molecule has 120 valence electrons. The van der Waals surface area contributed by atoms with E-state index in [0.717, 1.165) is 11.4 Å². The van der Waals surface area contributed by atoms with Gasteiger partial charge in [0.15, 0.2) is 5.13 Å². The SMILES string of the molecule is O=C(Nc1nc(-c2ccccn2)cs1)C1CC1c1ccccc1F. The Labute approximate surface area is 142 Å². The molecule has 0 saturated heterocycles. The van der Waals surface area contributed by atoms with Crippen molar-refractivity contribution < 1.29 is 9.18 Å². The molecule has 1 N–H and O–H groups in total. The zero-order valence-electron chi connectivity index (χ0n) is 12.6. The van der Waals surface area contributed by atoms with Crippen LogP contribution < -0.4 is 5.32 Å². The quantitative estimate of drug-likeness (QED) is 0.779. The summed E-state index contributed by atoms with van der Waals surface area (Å²) in [6.07, 6.45) is 2.38. The number of halogens is 1. The molecule has 0 bridgehead atoms. The Morgan fingerprint density at radius 1 is 1.17 bits per heavy atom. The van der Waals surface area contributed by atoms with E-state index in [4.69, 9.17) is 0 Å². The first-order valence-corrected chi connectivity index (χ1v) is 8.52. The monoisotopic (exact) mass is 339 g/mol. The van der Waals surface area contributed by atoms with E-state index < -0.39 is 0 Å². The summed E-state index contributed by atoms with van der Waals surface area (Å²) in [6.45, 7) is 0. The molecule has 4 nitrogen and oxygen atoms in total. The number of pyridine rings is 1. The second kappa shape index (κ2) is 6.13. The highest BCUT2D eigenvalue weighted by Gasteiger charge is 2.45. The lowest BCUT2D eigenvalue weighted by Gasteiger charge is -2.03. The molecule has 2 unspecified atom stereocenters.